The second kappa shape index (κ2) is 6.13. The predicted molar refractivity (Wildman–Crippen MR) is 67.3 cm³/mol. The highest BCUT2D eigenvalue weighted by Gasteiger charge is 2.53. The van der Waals surface area contributed by atoms with Gasteiger partial charge in [-0.2, -0.15) is 13.2 Å². The second-order valence-corrected chi connectivity index (χ2v) is 5.30. The molecule has 0 radical (unpaired) electrons. The van der Waals surface area contributed by atoms with E-state index in [0.29, 0.717) is 0 Å². The van der Waals surface area contributed by atoms with Crippen molar-refractivity contribution in [3.8, 4) is 0 Å². The van der Waals surface area contributed by atoms with Gasteiger partial charge < -0.3 is 10.0 Å². The molecule has 1 aliphatic heterocycles. The molecule has 23 heavy (non-hydrogen) atoms. The zero-order valence-electron chi connectivity index (χ0n) is 11.6. The molecule has 2 rings (SSSR count). The highest BCUT2D eigenvalue weighted by molar-refractivity contribution is 5.81. The minimum absolute atomic E-state index is 0.294. The Kier molecular flexibility index (Phi) is 4.58. The molecule has 2 atom stereocenters. The van der Waals surface area contributed by atoms with Crippen LogP contribution in [0, 0.1) is 23.5 Å². The summed E-state index contributed by atoms with van der Waals surface area (Å²) in [6.07, 6.45) is -5.40. The molecule has 1 fully saturated rings. The summed E-state index contributed by atoms with van der Waals surface area (Å²) in [5.74, 6) is -8.13. The lowest BCUT2D eigenvalue weighted by Crippen LogP contribution is -2.34. The molecule has 0 bridgehead atoms. The Morgan fingerprint density at radius 3 is 2.39 bits per heavy atom. The van der Waals surface area contributed by atoms with Crippen molar-refractivity contribution >= 4 is 11.9 Å². The van der Waals surface area contributed by atoms with Crippen LogP contribution in [-0.2, 0) is 16.0 Å². The number of benzene rings is 1. The number of hydrogen-bond acceptors (Lipinski definition) is 2. The molecule has 1 N–H and O–H groups in total. The van der Waals surface area contributed by atoms with Gasteiger partial charge in [0.2, 0.25) is 5.91 Å². The summed E-state index contributed by atoms with van der Waals surface area (Å²) < 4.78 is 65.0. The van der Waals surface area contributed by atoms with Crippen LogP contribution in [0.1, 0.15) is 5.56 Å². The maximum atomic E-state index is 13.5. The van der Waals surface area contributed by atoms with Gasteiger partial charge in [-0.3, -0.25) is 9.59 Å². The van der Waals surface area contributed by atoms with Crippen molar-refractivity contribution in [2.75, 3.05) is 13.1 Å². The molecule has 4 nitrogen and oxygen atoms in total. The third-order valence-electron chi connectivity index (χ3n) is 3.76. The van der Waals surface area contributed by atoms with Crippen molar-refractivity contribution in [3.05, 3.63) is 35.4 Å². The van der Waals surface area contributed by atoms with Gasteiger partial charge in [0.25, 0.3) is 0 Å². The Bertz CT molecular complexity index is 631. The van der Waals surface area contributed by atoms with E-state index < -0.39 is 61.0 Å². The first-order chi connectivity index (χ1) is 10.6. The lowest BCUT2D eigenvalue weighted by Gasteiger charge is -2.18. The van der Waals surface area contributed by atoms with E-state index in [1.165, 1.54) is 0 Å². The molecular weight excluding hydrogens is 325 g/mol. The molecule has 1 heterocycles. The average molecular weight is 337 g/mol. The molecule has 0 spiro atoms. The number of rotatable bonds is 3. The normalized spacial score (nSPS) is 21.5. The molecule has 0 aliphatic carbocycles. The van der Waals surface area contributed by atoms with Crippen LogP contribution < -0.4 is 0 Å². The summed E-state index contributed by atoms with van der Waals surface area (Å²) in [6, 6.07) is 2.43. The fourth-order valence-corrected chi connectivity index (χ4v) is 2.54. The number of likely N-dealkylation sites (tertiary alicyclic amines) is 1. The Morgan fingerprint density at radius 2 is 1.87 bits per heavy atom. The zero-order valence-corrected chi connectivity index (χ0v) is 11.6. The van der Waals surface area contributed by atoms with E-state index in [1.54, 1.807) is 0 Å². The van der Waals surface area contributed by atoms with Crippen LogP contribution in [0.3, 0.4) is 0 Å². The van der Waals surface area contributed by atoms with Gasteiger partial charge in [-0.25, -0.2) is 8.78 Å². The lowest BCUT2D eigenvalue weighted by atomic mass is 9.96. The van der Waals surface area contributed by atoms with Crippen LogP contribution in [0.2, 0.25) is 0 Å². The fraction of sp³-hybridized carbons (Fsp3) is 0.429. The Labute approximate surface area is 127 Å². The van der Waals surface area contributed by atoms with Crippen molar-refractivity contribution < 1.29 is 36.6 Å². The molecule has 0 unspecified atom stereocenters. The first-order valence-corrected chi connectivity index (χ1v) is 6.61. The maximum absolute atomic E-state index is 13.5. The van der Waals surface area contributed by atoms with Crippen LogP contribution in [0.4, 0.5) is 22.0 Å². The van der Waals surface area contributed by atoms with Gasteiger partial charge in [-0.1, -0.05) is 0 Å². The van der Waals surface area contributed by atoms with Crippen LogP contribution in [0.25, 0.3) is 0 Å². The molecule has 0 saturated carbocycles. The first-order valence-electron chi connectivity index (χ1n) is 6.61. The molecule has 0 aromatic heterocycles. The van der Waals surface area contributed by atoms with Gasteiger partial charge in [-0.15, -0.1) is 0 Å². The van der Waals surface area contributed by atoms with E-state index in [1.807, 2.05) is 0 Å². The number of carbonyl (C=O) groups excluding carboxylic acids is 1. The largest absolute Gasteiger partial charge is 0.481 e. The summed E-state index contributed by atoms with van der Waals surface area (Å²) in [5.41, 5.74) is -0.294. The minimum Gasteiger partial charge on any atom is -0.481 e. The van der Waals surface area contributed by atoms with Gasteiger partial charge in [0.1, 0.15) is 11.6 Å². The maximum Gasteiger partial charge on any atom is 0.394 e. The average Bonchev–Trinajstić information content (AvgIpc) is 2.88. The topological polar surface area (TPSA) is 57.6 Å². The number of hydrogen-bond donors (Lipinski definition) is 1. The molecule has 1 aromatic carbocycles. The molecule has 1 aromatic rings. The lowest BCUT2D eigenvalue weighted by molar-refractivity contribution is -0.188. The number of carbonyl (C=O) groups is 2. The molecular formula is C14H12F5NO3. The third kappa shape index (κ3) is 3.77. The first kappa shape index (κ1) is 17.2. The third-order valence-corrected chi connectivity index (χ3v) is 3.76. The summed E-state index contributed by atoms with van der Waals surface area (Å²) in [4.78, 5) is 23.7. The Morgan fingerprint density at radius 1 is 1.22 bits per heavy atom. The van der Waals surface area contributed by atoms with Crippen molar-refractivity contribution in [1.29, 1.82) is 0 Å². The number of amides is 1. The quantitative estimate of drug-likeness (QED) is 0.861. The monoisotopic (exact) mass is 337 g/mol. The van der Waals surface area contributed by atoms with Crippen molar-refractivity contribution in [2.24, 2.45) is 11.8 Å². The van der Waals surface area contributed by atoms with Gasteiger partial charge in [0.15, 0.2) is 0 Å². The standard InChI is InChI=1S/C14H12F5NO3/c15-8-1-2-11(16)7(3-8)4-12(21)20-5-9(13(22)23)10(6-20)14(17,18)19/h1-3,9-10H,4-6H2,(H,22,23)/t9-,10-/m1/s1. The van der Waals surface area contributed by atoms with Crippen molar-refractivity contribution in [2.45, 2.75) is 12.6 Å². The highest BCUT2D eigenvalue weighted by Crippen LogP contribution is 2.37. The summed E-state index contributed by atoms with van der Waals surface area (Å²) in [5, 5.41) is 8.87. The summed E-state index contributed by atoms with van der Waals surface area (Å²) in [7, 11) is 0. The molecule has 1 aliphatic rings. The zero-order chi connectivity index (χ0) is 17.4. The van der Waals surface area contributed by atoms with E-state index in [0.717, 1.165) is 23.1 Å². The summed E-state index contributed by atoms with van der Waals surface area (Å²) >= 11 is 0. The number of carboxylic acids is 1. The predicted octanol–water partition coefficient (Wildman–Crippen LogP) is 2.23. The van der Waals surface area contributed by atoms with Gasteiger partial charge in [0.05, 0.1) is 18.3 Å². The molecule has 9 heteroatoms. The number of nitrogens with zero attached hydrogens (tertiary/aromatic N) is 1. The van der Waals surface area contributed by atoms with Crippen LogP contribution >= 0.6 is 0 Å². The minimum atomic E-state index is -4.76. The van der Waals surface area contributed by atoms with Crippen molar-refractivity contribution in [3.63, 3.8) is 0 Å². The number of halogens is 5. The number of aliphatic carboxylic acids is 1. The second-order valence-electron chi connectivity index (χ2n) is 5.30. The van der Waals surface area contributed by atoms with E-state index in [9.17, 15) is 31.5 Å². The Balaban J connectivity index is 2.14. The van der Waals surface area contributed by atoms with Crippen LogP contribution in [0.5, 0.6) is 0 Å². The summed E-state index contributed by atoms with van der Waals surface area (Å²) in [6.45, 7) is -1.43. The van der Waals surface area contributed by atoms with Crippen LogP contribution in [-0.4, -0.2) is 41.1 Å². The van der Waals surface area contributed by atoms with E-state index in [2.05, 4.69) is 0 Å². The highest BCUT2D eigenvalue weighted by atomic mass is 19.4. The fourth-order valence-electron chi connectivity index (χ4n) is 2.54. The van der Waals surface area contributed by atoms with Crippen LogP contribution in [0.15, 0.2) is 18.2 Å². The molecule has 126 valence electrons. The van der Waals surface area contributed by atoms with Gasteiger partial charge in [0, 0.05) is 18.7 Å². The Hall–Kier alpha value is -2.19. The van der Waals surface area contributed by atoms with E-state index in [-0.39, 0.29) is 5.56 Å². The van der Waals surface area contributed by atoms with E-state index in [4.69, 9.17) is 5.11 Å². The van der Waals surface area contributed by atoms with Gasteiger partial charge in [-0.05, 0) is 18.2 Å². The SMILES string of the molecule is O=C(O)[C@@H]1CN(C(=O)Cc2cc(F)ccc2F)C[C@H]1C(F)(F)F. The smallest absolute Gasteiger partial charge is 0.394 e. The molecule has 1 saturated heterocycles. The van der Waals surface area contributed by atoms with E-state index >= 15 is 0 Å². The molecule has 1 amide bonds. The number of carboxylic acid groups (broad SMARTS) is 1. The van der Waals surface area contributed by atoms with Crippen molar-refractivity contribution in [1.82, 2.24) is 4.90 Å². The van der Waals surface area contributed by atoms with Gasteiger partial charge >= 0.3 is 12.1 Å². The number of alkyl halides is 3.